The number of carbonyl (C=O) groups is 1. The van der Waals surface area contributed by atoms with Crippen LogP contribution in [-0.4, -0.2) is 20.4 Å². The van der Waals surface area contributed by atoms with Gasteiger partial charge in [0, 0.05) is 19.7 Å². The molecule has 0 radical (unpaired) electrons. The molecule has 1 aromatic rings. The molecule has 1 aromatic heterocycles. The number of imidazole rings is 1. The molecular formula is C11H18N2O2. The first-order valence-corrected chi connectivity index (χ1v) is 5.36. The van der Waals surface area contributed by atoms with Gasteiger partial charge in [0.15, 0.2) is 11.6 Å². The topological polar surface area (TPSA) is 55.1 Å². The highest BCUT2D eigenvalue weighted by molar-refractivity contribution is 5.90. The molecule has 0 aromatic carbocycles. The number of hydrogen-bond acceptors (Lipinski definition) is 3. The molecular weight excluding hydrogens is 192 g/mol. The van der Waals surface area contributed by atoms with Crippen LogP contribution in [0.2, 0.25) is 0 Å². The number of aromatic nitrogens is 2. The predicted molar refractivity (Wildman–Crippen MR) is 57.7 cm³/mol. The molecule has 0 fully saturated rings. The Labute approximate surface area is 89.9 Å². The Morgan fingerprint density at radius 3 is 2.80 bits per heavy atom. The minimum absolute atomic E-state index is 0.0498. The monoisotopic (exact) mass is 210 g/mol. The van der Waals surface area contributed by atoms with Crippen molar-refractivity contribution in [2.24, 2.45) is 0 Å². The van der Waals surface area contributed by atoms with Gasteiger partial charge in [-0.3, -0.25) is 4.79 Å². The molecule has 1 heterocycles. The van der Waals surface area contributed by atoms with Gasteiger partial charge in [-0.15, -0.1) is 0 Å². The van der Waals surface area contributed by atoms with Crippen molar-refractivity contribution in [2.45, 2.75) is 46.3 Å². The normalized spacial score (nSPS) is 10.6. The van der Waals surface area contributed by atoms with Crippen LogP contribution < -0.4 is 0 Å². The van der Waals surface area contributed by atoms with Crippen molar-refractivity contribution in [1.82, 2.24) is 9.55 Å². The van der Waals surface area contributed by atoms with Crippen LogP contribution in [0.4, 0.5) is 0 Å². The van der Waals surface area contributed by atoms with Gasteiger partial charge in [0.25, 0.3) is 0 Å². The summed E-state index contributed by atoms with van der Waals surface area (Å²) in [6.07, 6.45) is 5.09. The van der Waals surface area contributed by atoms with E-state index in [-0.39, 0.29) is 12.4 Å². The number of nitrogens with zero attached hydrogens (tertiary/aromatic N) is 2. The Morgan fingerprint density at radius 2 is 2.27 bits per heavy atom. The number of ketones is 1. The van der Waals surface area contributed by atoms with Crippen molar-refractivity contribution in [3.8, 4) is 0 Å². The molecule has 0 spiro atoms. The number of aryl methyl sites for hydroxylation is 1. The first kappa shape index (κ1) is 11.9. The van der Waals surface area contributed by atoms with E-state index in [1.54, 1.807) is 6.20 Å². The molecule has 4 heteroatoms. The van der Waals surface area contributed by atoms with Crippen LogP contribution in [0.1, 0.15) is 49.4 Å². The minimum atomic E-state index is -0.110. The molecule has 0 bridgehead atoms. The Bertz CT molecular complexity index is 331. The summed E-state index contributed by atoms with van der Waals surface area (Å²) in [6.45, 7) is 4.33. The fourth-order valence-corrected chi connectivity index (χ4v) is 1.53. The fourth-order valence-electron chi connectivity index (χ4n) is 1.53. The van der Waals surface area contributed by atoms with Crippen molar-refractivity contribution in [3.05, 3.63) is 17.7 Å². The second kappa shape index (κ2) is 5.66. The number of carbonyl (C=O) groups excluding carboxylic acids is 1. The third-order valence-electron chi connectivity index (χ3n) is 2.31. The number of aliphatic hydroxyl groups excluding tert-OH is 1. The lowest BCUT2D eigenvalue weighted by Gasteiger charge is -2.03. The van der Waals surface area contributed by atoms with Crippen molar-refractivity contribution in [1.29, 1.82) is 0 Å². The van der Waals surface area contributed by atoms with E-state index < -0.39 is 0 Å². The smallest absolute Gasteiger partial charge is 0.195 e. The van der Waals surface area contributed by atoms with E-state index in [1.807, 2.05) is 4.57 Å². The lowest BCUT2D eigenvalue weighted by molar-refractivity contribution is 0.0999. The maximum atomic E-state index is 11.3. The second-order valence-electron chi connectivity index (χ2n) is 3.67. The molecule has 0 unspecified atom stereocenters. The zero-order valence-electron chi connectivity index (χ0n) is 9.36. The quantitative estimate of drug-likeness (QED) is 0.575. The summed E-state index contributed by atoms with van der Waals surface area (Å²) in [4.78, 5) is 15.3. The molecule has 0 aliphatic heterocycles. The third-order valence-corrected chi connectivity index (χ3v) is 2.31. The molecule has 0 saturated carbocycles. The lowest BCUT2D eigenvalue weighted by atomic mass is 10.2. The third kappa shape index (κ3) is 3.16. The Balaban J connectivity index is 2.75. The molecule has 1 N–H and O–H groups in total. The molecule has 0 atom stereocenters. The molecule has 1 rings (SSSR count). The van der Waals surface area contributed by atoms with Crippen molar-refractivity contribution < 1.29 is 9.90 Å². The summed E-state index contributed by atoms with van der Waals surface area (Å²) in [5.41, 5.74) is 0.566. The number of unbranched alkanes of at least 4 members (excludes halogenated alkanes) is 2. The Kier molecular flexibility index (Phi) is 4.49. The zero-order chi connectivity index (χ0) is 11.3. The highest BCUT2D eigenvalue weighted by Crippen LogP contribution is 2.07. The van der Waals surface area contributed by atoms with E-state index in [0.717, 1.165) is 25.8 Å². The minimum Gasteiger partial charge on any atom is -0.390 e. The van der Waals surface area contributed by atoms with Crippen LogP contribution >= 0.6 is 0 Å². The largest absolute Gasteiger partial charge is 0.390 e. The number of Topliss-reactive ketones (excluding diaryl/α,β-unsaturated/α-hetero) is 1. The molecule has 15 heavy (non-hydrogen) atoms. The highest BCUT2D eigenvalue weighted by atomic mass is 16.3. The zero-order valence-corrected chi connectivity index (χ0v) is 9.36. The van der Waals surface area contributed by atoms with Crippen LogP contribution in [0.25, 0.3) is 0 Å². The number of aliphatic hydroxyl groups is 1. The molecule has 0 saturated heterocycles. The van der Waals surface area contributed by atoms with Gasteiger partial charge in [0.1, 0.15) is 0 Å². The maximum Gasteiger partial charge on any atom is 0.195 e. The summed E-state index contributed by atoms with van der Waals surface area (Å²) in [5.74, 6) is 0.404. The van der Waals surface area contributed by atoms with Crippen LogP contribution in [0.3, 0.4) is 0 Å². The molecule has 0 aliphatic rings. The summed E-state index contributed by atoms with van der Waals surface area (Å²) in [5, 5.41) is 8.94. The predicted octanol–water partition coefficient (Wildman–Crippen LogP) is 1.77. The van der Waals surface area contributed by atoms with Crippen LogP contribution in [-0.2, 0) is 13.2 Å². The number of hydrogen-bond donors (Lipinski definition) is 1. The van der Waals surface area contributed by atoms with Crippen LogP contribution in [0, 0.1) is 0 Å². The first-order chi connectivity index (χ1) is 7.19. The van der Waals surface area contributed by atoms with E-state index >= 15 is 0 Å². The van der Waals surface area contributed by atoms with Gasteiger partial charge >= 0.3 is 0 Å². The van der Waals surface area contributed by atoms with E-state index in [4.69, 9.17) is 5.11 Å². The summed E-state index contributed by atoms with van der Waals surface area (Å²) in [6, 6.07) is 0. The Hall–Kier alpha value is -1.16. The van der Waals surface area contributed by atoms with Crippen LogP contribution in [0.5, 0.6) is 0 Å². The van der Waals surface area contributed by atoms with Crippen molar-refractivity contribution in [3.63, 3.8) is 0 Å². The lowest BCUT2D eigenvalue weighted by Crippen LogP contribution is -2.07. The second-order valence-corrected chi connectivity index (χ2v) is 3.67. The standard InChI is InChI=1S/C11H18N2O2/c1-3-4-5-6-13-7-10(8-14)12-11(13)9(2)15/h7,14H,3-6,8H2,1-2H3. The van der Waals surface area contributed by atoms with Gasteiger partial charge in [-0.25, -0.2) is 4.98 Å². The first-order valence-electron chi connectivity index (χ1n) is 5.36. The van der Waals surface area contributed by atoms with Crippen molar-refractivity contribution >= 4 is 5.78 Å². The van der Waals surface area contributed by atoms with Gasteiger partial charge in [-0.1, -0.05) is 19.8 Å². The average molecular weight is 210 g/mol. The molecule has 0 amide bonds. The average Bonchev–Trinajstić information content (AvgIpc) is 2.62. The summed E-state index contributed by atoms with van der Waals surface area (Å²) in [7, 11) is 0. The van der Waals surface area contributed by atoms with E-state index in [2.05, 4.69) is 11.9 Å². The van der Waals surface area contributed by atoms with Crippen molar-refractivity contribution in [2.75, 3.05) is 0 Å². The highest BCUT2D eigenvalue weighted by Gasteiger charge is 2.10. The Morgan fingerprint density at radius 1 is 1.53 bits per heavy atom. The fraction of sp³-hybridized carbons (Fsp3) is 0.636. The SMILES string of the molecule is CCCCCn1cc(CO)nc1C(C)=O. The van der Waals surface area contributed by atoms with E-state index in [0.29, 0.717) is 11.5 Å². The van der Waals surface area contributed by atoms with Crippen LogP contribution in [0.15, 0.2) is 6.20 Å². The molecule has 0 aliphatic carbocycles. The number of rotatable bonds is 6. The summed E-state index contributed by atoms with van der Waals surface area (Å²) >= 11 is 0. The molecule has 4 nitrogen and oxygen atoms in total. The van der Waals surface area contributed by atoms with E-state index in [1.165, 1.54) is 6.92 Å². The maximum absolute atomic E-state index is 11.3. The van der Waals surface area contributed by atoms with Gasteiger partial charge in [-0.2, -0.15) is 0 Å². The van der Waals surface area contributed by atoms with E-state index in [9.17, 15) is 4.79 Å². The van der Waals surface area contributed by atoms with Gasteiger partial charge < -0.3 is 9.67 Å². The molecule has 84 valence electrons. The van der Waals surface area contributed by atoms with Gasteiger partial charge in [0.05, 0.1) is 12.3 Å². The summed E-state index contributed by atoms with van der Waals surface area (Å²) < 4.78 is 1.84. The van der Waals surface area contributed by atoms with Gasteiger partial charge in [0.2, 0.25) is 0 Å². The van der Waals surface area contributed by atoms with Gasteiger partial charge in [-0.05, 0) is 6.42 Å².